The zero-order valence-electron chi connectivity index (χ0n) is 11.5. The number of alkyl halides is 3. The van der Waals surface area contributed by atoms with Crippen LogP contribution in [-0.4, -0.2) is 24.9 Å². The third-order valence-electron chi connectivity index (χ3n) is 3.27. The average molecular weight is 302 g/mol. The molecule has 3 nitrogen and oxygen atoms in total. The van der Waals surface area contributed by atoms with E-state index in [4.69, 9.17) is 4.74 Å². The number of carbonyl (C=O) groups excluding carboxylic acids is 1. The zero-order chi connectivity index (χ0) is 15.3. The highest BCUT2D eigenvalue weighted by atomic mass is 19.4. The minimum atomic E-state index is -4.36. The molecule has 1 aliphatic rings. The summed E-state index contributed by atoms with van der Waals surface area (Å²) in [6, 6.07) is 5.98. The molecule has 0 unspecified atom stereocenters. The van der Waals surface area contributed by atoms with Crippen molar-refractivity contribution in [3.63, 3.8) is 0 Å². The third-order valence-corrected chi connectivity index (χ3v) is 3.27. The van der Waals surface area contributed by atoms with E-state index in [1.807, 2.05) is 0 Å². The van der Waals surface area contributed by atoms with Gasteiger partial charge in [0.1, 0.15) is 11.9 Å². The van der Waals surface area contributed by atoms with Gasteiger partial charge in [-0.1, -0.05) is 12.1 Å². The summed E-state index contributed by atoms with van der Waals surface area (Å²) in [4.78, 5) is 11.7. The second kappa shape index (κ2) is 6.83. The van der Waals surface area contributed by atoms with Crippen molar-refractivity contribution in [1.82, 2.24) is 0 Å². The molecule has 0 N–H and O–H groups in total. The summed E-state index contributed by atoms with van der Waals surface area (Å²) in [6.07, 6.45) is -0.218. The Morgan fingerprint density at radius 1 is 1.14 bits per heavy atom. The Balaban J connectivity index is 1.80. The Bertz CT molecular complexity index is 462. The molecule has 0 atom stereocenters. The van der Waals surface area contributed by atoms with Gasteiger partial charge in [-0.3, -0.25) is 4.79 Å². The second-order valence-electron chi connectivity index (χ2n) is 5.12. The normalized spacial score (nSPS) is 16.0. The van der Waals surface area contributed by atoms with Crippen LogP contribution in [-0.2, 0) is 16.0 Å². The summed E-state index contributed by atoms with van der Waals surface area (Å²) in [7, 11) is 0. The van der Waals surface area contributed by atoms with Crippen LogP contribution >= 0.6 is 0 Å². The maximum absolute atomic E-state index is 12.0. The van der Waals surface area contributed by atoms with Gasteiger partial charge >= 0.3 is 12.1 Å². The lowest BCUT2D eigenvalue weighted by Gasteiger charge is -2.12. The third kappa shape index (κ3) is 5.65. The molecule has 1 saturated carbocycles. The number of ether oxygens (including phenoxy) is 2. The first-order valence-electron chi connectivity index (χ1n) is 6.90. The Kier molecular flexibility index (Phi) is 5.09. The van der Waals surface area contributed by atoms with E-state index in [0.717, 1.165) is 25.7 Å². The van der Waals surface area contributed by atoms with Crippen molar-refractivity contribution in [3.8, 4) is 5.75 Å². The topological polar surface area (TPSA) is 35.5 Å². The predicted octanol–water partition coefficient (Wildman–Crippen LogP) is 3.66. The highest BCUT2D eigenvalue weighted by molar-refractivity contribution is 5.72. The number of rotatable bonds is 5. The fourth-order valence-electron chi connectivity index (χ4n) is 2.27. The Morgan fingerprint density at radius 3 is 2.33 bits per heavy atom. The number of benzene rings is 1. The van der Waals surface area contributed by atoms with Gasteiger partial charge in [-0.2, -0.15) is 13.2 Å². The van der Waals surface area contributed by atoms with Crippen LogP contribution < -0.4 is 4.74 Å². The first-order valence-corrected chi connectivity index (χ1v) is 6.90. The molecule has 1 aromatic rings. The lowest BCUT2D eigenvalue weighted by Crippen LogP contribution is -2.19. The van der Waals surface area contributed by atoms with Crippen molar-refractivity contribution in [1.29, 1.82) is 0 Å². The Labute approximate surface area is 121 Å². The molecule has 0 radical (unpaired) electrons. The highest BCUT2D eigenvalue weighted by Gasteiger charge is 2.28. The highest BCUT2D eigenvalue weighted by Crippen LogP contribution is 2.22. The molecular formula is C15H17F3O3. The lowest BCUT2D eigenvalue weighted by molar-refractivity contribution is -0.153. The van der Waals surface area contributed by atoms with Gasteiger partial charge in [0, 0.05) is 0 Å². The first kappa shape index (κ1) is 15.7. The number of esters is 1. The van der Waals surface area contributed by atoms with E-state index in [0.29, 0.717) is 5.56 Å². The van der Waals surface area contributed by atoms with Gasteiger partial charge in [0.15, 0.2) is 6.61 Å². The number of carbonyl (C=O) groups is 1. The molecule has 6 heteroatoms. The molecule has 0 saturated heterocycles. The first-order chi connectivity index (χ1) is 9.92. The fraction of sp³-hybridized carbons (Fsp3) is 0.533. The molecule has 116 valence electrons. The van der Waals surface area contributed by atoms with Gasteiger partial charge in [0.2, 0.25) is 0 Å². The Hall–Kier alpha value is -1.72. The molecule has 0 spiro atoms. The van der Waals surface area contributed by atoms with Crippen molar-refractivity contribution in [3.05, 3.63) is 29.8 Å². The van der Waals surface area contributed by atoms with E-state index >= 15 is 0 Å². The SMILES string of the molecule is O=C(Cc1ccc(OCC(F)(F)F)cc1)OC1CCCC1. The van der Waals surface area contributed by atoms with Crippen molar-refractivity contribution in [2.75, 3.05) is 6.61 Å². The summed E-state index contributed by atoms with van der Waals surface area (Å²) in [5, 5.41) is 0. The van der Waals surface area contributed by atoms with E-state index < -0.39 is 12.8 Å². The molecule has 0 aromatic heterocycles. The van der Waals surface area contributed by atoms with Crippen LogP contribution in [0, 0.1) is 0 Å². The van der Waals surface area contributed by atoms with E-state index in [1.165, 1.54) is 12.1 Å². The van der Waals surface area contributed by atoms with Gasteiger partial charge < -0.3 is 9.47 Å². The minimum Gasteiger partial charge on any atom is -0.484 e. The van der Waals surface area contributed by atoms with Crippen LogP contribution in [0.15, 0.2) is 24.3 Å². The molecule has 0 bridgehead atoms. The molecule has 1 aromatic carbocycles. The van der Waals surface area contributed by atoms with Crippen LogP contribution in [0.25, 0.3) is 0 Å². The summed E-state index contributed by atoms with van der Waals surface area (Å²) < 4.78 is 45.9. The van der Waals surface area contributed by atoms with Crippen LogP contribution in [0.5, 0.6) is 5.75 Å². The summed E-state index contributed by atoms with van der Waals surface area (Å²) in [6.45, 7) is -1.32. The zero-order valence-corrected chi connectivity index (χ0v) is 11.5. The monoisotopic (exact) mass is 302 g/mol. The maximum atomic E-state index is 12.0. The van der Waals surface area contributed by atoms with Crippen LogP contribution in [0.2, 0.25) is 0 Å². The maximum Gasteiger partial charge on any atom is 0.422 e. The average Bonchev–Trinajstić information content (AvgIpc) is 2.89. The number of hydrogen-bond donors (Lipinski definition) is 0. The number of halogens is 3. The fourth-order valence-corrected chi connectivity index (χ4v) is 2.27. The van der Waals surface area contributed by atoms with Gasteiger partial charge in [0.25, 0.3) is 0 Å². The Morgan fingerprint density at radius 2 is 1.76 bits per heavy atom. The molecule has 21 heavy (non-hydrogen) atoms. The molecule has 0 aliphatic heterocycles. The lowest BCUT2D eigenvalue weighted by atomic mass is 10.1. The van der Waals surface area contributed by atoms with Crippen molar-refractivity contribution in [2.24, 2.45) is 0 Å². The molecule has 0 amide bonds. The molecule has 1 fully saturated rings. The minimum absolute atomic E-state index is 0.0203. The summed E-state index contributed by atoms with van der Waals surface area (Å²) >= 11 is 0. The smallest absolute Gasteiger partial charge is 0.422 e. The van der Waals surface area contributed by atoms with E-state index in [-0.39, 0.29) is 24.2 Å². The van der Waals surface area contributed by atoms with Crippen molar-refractivity contribution in [2.45, 2.75) is 44.4 Å². The van der Waals surface area contributed by atoms with Gasteiger partial charge in [0.05, 0.1) is 6.42 Å². The second-order valence-corrected chi connectivity index (χ2v) is 5.12. The van der Waals surface area contributed by atoms with E-state index in [1.54, 1.807) is 12.1 Å². The molecule has 2 rings (SSSR count). The standard InChI is InChI=1S/C15H17F3O3/c16-15(17,18)10-20-12-7-5-11(6-8-12)9-14(19)21-13-3-1-2-4-13/h5-8,13H,1-4,9-10H2. The van der Waals surface area contributed by atoms with E-state index in [9.17, 15) is 18.0 Å². The summed E-state index contributed by atoms with van der Waals surface area (Å²) in [5.41, 5.74) is 0.692. The van der Waals surface area contributed by atoms with Crippen molar-refractivity contribution >= 4 is 5.97 Å². The molecule has 0 heterocycles. The quantitative estimate of drug-likeness (QED) is 0.779. The van der Waals surface area contributed by atoms with Crippen molar-refractivity contribution < 1.29 is 27.4 Å². The van der Waals surface area contributed by atoms with Gasteiger partial charge in [-0.25, -0.2) is 0 Å². The largest absolute Gasteiger partial charge is 0.484 e. The predicted molar refractivity (Wildman–Crippen MR) is 70.0 cm³/mol. The molecular weight excluding hydrogens is 285 g/mol. The van der Waals surface area contributed by atoms with Gasteiger partial charge in [-0.15, -0.1) is 0 Å². The van der Waals surface area contributed by atoms with Crippen LogP contribution in [0.4, 0.5) is 13.2 Å². The molecule has 1 aliphatic carbocycles. The summed E-state index contributed by atoms with van der Waals surface area (Å²) in [5.74, 6) is -0.175. The van der Waals surface area contributed by atoms with E-state index in [2.05, 4.69) is 4.74 Å². The number of hydrogen-bond acceptors (Lipinski definition) is 3. The van der Waals surface area contributed by atoms with Crippen LogP contribution in [0.1, 0.15) is 31.2 Å². The van der Waals surface area contributed by atoms with Gasteiger partial charge in [-0.05, 0) is 43.4 Å². The van der Waals surface area contributed by atoms with Crippen LogP contribution in [0.3, 0.4) is 0 Å².